The fourth-order valence-electron chi connectivity index (χ4n) is 4.57. The van der Waals surface area contributed by atoms with Crippen LogP contribution in [-0.4, -0.2) is 78.8 Å². The van der Waals surface area contributed by atoms with E-state index in [1.165, 1.54) is 5.56 Å². The summed E-state index contributed by atoms with van der Waals surface area (Å²) in [6.45, 7) is 0.839. The Morgan fingerprint density at radius 2 is 1.88 bits per heavy atom. The smallest absolute Gasteiger partial charge is 0.121 e. The molecule has 0 unspecified atom stereocenters. The fourth-order valence-corrected chi connectivity index (χ4v) is 4.57. The number of hydrogen-bond acceptors (Lipinski definition) is 4. The Morgan fingerprint density at radius 1 is 1.12 bits per heavy atom. The number of pyridine rings is 1. The van der Waals surface area contributed by atoms with E-state index in [-0.39, 0.29) is 17.0 Å². The first-order valence-electron chi connectivity index (χ1n) is 10.8. The summed E-state index contributed by atoms with van der Waals surface area (Å²) in [5, 5.41) is -1.12. The van der Waals surface area contributed by atoms with Gasteiger partial charge in [0.25, 0.3) is 0 Å². The maximum Gasteiger partial charge on any atom is 0.121 e. The molecule has 2 heterocycles. The van der Waals surface area contributed by atoms with E-state index in [4.69, 9.17) is 52.8 Å². The van der Waals surface area contributed by atoms with Crippen molar-refractivity contribution in [1.29, 1.82) is 0 Å². The molecule has 0 fully saturated rings. The van der Waals surface area contributed by atoms with Crippen molar-refractivity contribution in [2.24, 2.45) is 5.73 Å². The van der Waals surface area contributed by atoms with Crippen molar-refractivity contribution in [3.05, 3.63) is 35.4 Å². The fraction of sp³-hybridized carbons (Fsp3) is 0.429. The van der Waals surface area contributed by atoms with Crippen LogP contribution in [0.5, 0.6) is 0 Å². The van der Waals surface area contributed by atoms with Gasteiger partial charge < -0.3 is 10.7 Å². The van der Waals surface area contributed by atoms with Gasteiger partial charge in [-0.2, -0.15) is 0 Å². The summed E-state index contributed by atoms with van der Waals surface area (Å²) < 4.78 is 0. The number of rotatable bonds is 7. The molecule has 1 aromatic carbocycles. The summed E-state index contributed by atoms with van der Waals surface area (Å²) in [5.41, 5.74) is 10.1. The van der Waals surface area contributed by atoms with Crippen molar-refractivity contribution in [3.63, 3.8) is 0 Å². The number of hydrogen-bond donors (Lipinski definition) is 2. The van der Waals surface area contributed by atoms with Crippen molar-refractivity contribution < 1.29 is 0 Å². The molecule has 1 atom stereocenters. The number of nitrogens with zero attached hydrogens (tertiary/aromatic N) is 3. The van der Waals surface area contributed by atoms with E-state index >= 15 is 0 Å². The van der Waals surface area contributed by atoms with Crippen LogP contribution in [0.4, 0.5) is 0 Å². The number of fused-ring (bicyclic) bond motifs is 2. The van der Waals surface area contributed by atoms with Gasteiger partial charge in [-0.1, -0.05) is 22.3 Å². The van der Waals surface area contributed by atoms with Crippen molar-refractivity contribution in [1.82, 2.24) is 19.9 Å². The van der Waals surface area contributed by atoms with E-state index in [0.29, 0.717) is 53.7 Å². The van der Waals surface area contributed by atoms with Gasteiger partial charge in [-0.3, -0.25) is 9.88 Å². The predicted molar refractivity (Wildman–Crippen MR) is 136 cm³/mol. The third kappa shape index (κ3) is 4.22. The predicted octanol–water partition coefficient (Wildman–Crippen LogP) is -2.26. The second-order valence-electron chi connectivity index (χ2n) is 8.53. The summed E-state index contributed by atoms with van der Waals surface area (Å²) in [7, 11) is 37.7. The highest BCUT2D eigenvalue weighted by Gasteiger charge is 2.36. The van der Waals surface area contributed by atoms with Crippen molar-refractivity contribution >= 4 is 80.0 Å². The Balaban J connectivity index is 1.77. The number of H-pyrrole nitrogens is 1. The molecule has 12 radical (unpaired) electrons. The van der Waals surface area contributed by atoms with E-state index in [0.717, 1.165) is 25.0 Å². The van der Waals surface area contributed by atoms with Gasteiger partial charge in [-0.15, -0.1) is 10.9 Å². The molecule has 11 heteroatoms. The van der Waals surface area contributed by atoms with Crippen LogP contribution in [0.25, 0.3) is 11.0 Å². The molecule has 32 heavy (non-hydrogen) atoms. The van der Waals surface area contributed by atoms with Gasteiger partial charge in [0.15, 0.2) is 0 Å². The first-order chi connectivity index (χ1) is 15.2. The van der Waals surface area contributed by atoms with Crippen LogP contribution in [0, 0.1) is 0 Å². The van der Waals surface area contributed by atoms with E-state index in [1.807, 2.05) is 11.0 Å². The Hall–Kier alpha value is -1.85. The molecule has 4 rings (SSSR count). The standard InChI is InChI=1S/C21H21B6N5/c22-14-15(23)17(25)20-19(16(14)24)30-13(31-20)10-32(21(26,27)7-3-8-28)12-6-1-4-11-5-2-9-29-18(11)12/h2,5,9,12H,1,3-4,6-8,10,28H2,(H,30,31)/t12-/m0/s1. The van der Waals surface area contributed by atoms with Gasteiger partial charge >= 0.3 is 0 Å². The molecule has 0 amide bonds. The number of nitrogens with two attached hydrogens (primary N) is 1. The minimum absolute atomic E-state index is 0.0641. The molecular formula is C21H21B6N5. The Morgan fingerprint density at radius 3 is 2.62 bits per heavy atom. The van der Waals surface area contributed by atoms with Crippen molar-refractivity contribution in [2.75, 3.05) is 6.54 Å². The first-order valence-corrected chi connectivity index (χ1v) is 10.8. The van der Waals surface area contributed by atoms with Crippen LogP contribution < -0.4 is 27.6 Å². The molecule has 0 saturated carbocycles. The lowest BCUT2D eigenvalue weighted by Gasteiger charge is -2.46. The van der Waals surface area contributed by atoms with Gasteiger partial charge in [-0.05, 0) is 50.3 Å². The van der Waals surface area contributed by atoms with E-state index in [1.54, 1.807) is 6.20 Å². The van der Waals surface area contributed by atoms with Crippen LogP contribution in [-0.2, 0) is 13.0 Å². The number of aryl methyl sites for hydroxylation is 1. The van der Waals surface area contributed by atoms with Gasteiger partial charge in [0.05, 0.1) is 45.0 Å². The van der Waals surface area contributed by atoms with E-state index < -0.39 is 5.34 Å². The monoisotopic (exact) mass is 409 g/mol. The Labute approximate surface area is 197 Å². The highest BCUT2D eigenvalue weighted by Crippen LogP contribution is 2.37. The normalized spacial score (nSPS) is 16.5. The van der Waals surface area contributed by atoms with Crippen LogP contribution >= 0.6 is 0 Å². The molecule has 0 aliphatic heterocycles. The zero-order valence-electron chi connectivity index (χ0n) is 18.1. The average Bonchev–Trinajstić information content (AvgIpc) is 3.22. The van der Waals surface area contributed by atoms with Crippen LogP contribution in [0.2, 0.25) is 0 Å². The quantitative estimate of drug-likeness (QED) is 0.434. The molecule has 3 aromatic rings. The highest BCUT2D eigenvalue weighted by atomic mass is 15.2. The van der Waals surface area contributed by atoms with Gasteiger partial charge in [0, 0.05) is 6.20 Å². The number of aromatic amines is 1. The Bertz CT molecular complexity index is 1090. The summed E-state index contributed by atoms with van der Waals surface area (Å²) >= 11 is 0. The second kappa shape index (κ2) is 9.18. The number of benzene rings is 1. The summed E-state index contributed by atoms with van der Waals surface area (Å²) in [5.74, 6) is 0.611. The number of imidazole rings is 1. The highest BCUT2D eigenvalue weighted by molar-refractivity contribution is 6.66. The third-order valence-electron chi connectivity index (χ3n) is 6.33. The summed E-state index contributed by atoms with van der Waals surface area (Å²) in [6, 6.07) is 4.00. The second-order valence-corrected chi connectivity index (χ2v) is 8.53. The summed E-state index contributed by atoms with van der Waals surface area (Å²) in [6.07, 6.45) is 5.89. The van der Waals surface area contributed by atoms with Gasteiger partial charge in [0.1, 0.15) is 37.2 Å². The Kier molecular flexibility index (Phi) is 6.69. The maximum atomic E-state index is 6.67. The molecule has 2 aromatic heterocycles. The van der Waals surface area contributed by atoms with Gasteiger partial charge in [0.2, 0.25) is 0 Å². The SMILES string of the molecule is [B]c1c([B])c([B])c2[nH]c(CN([C@H]3CCCc4cccnc43)C([B])([B])CCCN)nc2c1[B]. The van der Waals surface area contributed by atoms with Crippen molar-refractivity contribution in [3.8, 4) is 0 Å². The molecule has 5 nitrogen and oxygen atoms in total. The lowest BCUT2D eigenvalue weighted by molar-refractivity contribution is 0.116. The molecule has 0 saturated heterocycles. The largest absolute Gasteiger partial charge is 0.341 e. The average molecular weight is 408 g/mol. The first kappa shape index (κ1) is 23.3. The summed E-state index contributed by atoms with van der Waals surface area (Å²) in [4.78, 5) is 14.6. The molecule has 1 aliphatic rings. The minimum Gasteiger partial charge on any atom is -0.341 e. The molecular weight excluding hydrogens is 387 g/mol. The minimum atomic E-state index is -1.12. The molecule has 1 aliphatic carbocycles. The number of nitrogens with one attached hydrogen (secondary N) is 1. The molecule has 148 valence electrons. The topological polar surface area (TPSA) is 70.8 Å². The van der Waals surface area contributed by atoms with E-state index in [2.05, 4.69) is 21.0 Å². The molecule has 3 N–H and O–H groups in total. The third-order valence-corrected chi connectivity index (χ3v) is 6.33. The lowest BCUT2D eigenvalue weighted by Crippen LogP contribution is -2.52. The van der Waals surface area contributed by atoms with E-state index in [9.17, 15) is 0 Å². The molecule has 0 spiro atoms. The van der Waals surface area contributed by atoms with Crippen LogP contribution in [0.15, 0.2) is 18.3 Å². The zero-order valence-corrected chi connectivity index (χ0v) is 18.1. The molecule has 0 bridgehead atoms. The number of aromatic nitrogens is 3. The maximum absolute atomic E-state index is 6.67. The van der Waals surface area contributed by atoms with Crippen molar-refractivity contribution in [2.45, 2.75) is 50.0 Å². The van der Waals surface area contributed by atoms with Crippen LogP contribution in [0.1, 0.15) is 48.8 Å². The zero-order chi connectivity index (χ0) is 23.0. The van der Waals surface area contributed by atoms with Gasteiger partial charge in [-0.25, -0.2) is 4.98 Å². The lowest BCUT2D eigenvalue weighted by atomic mass is 9.57. The van der Waals surface area contributed by atoms with Crippen LogP contribution in [0.3, 0.4) is 0 Å².